The van der Waals surface area contributed by atoms with Crippen LogP contribution in [0.1, 0.15) is 11.1 Å². The van der Waals surface area contributed by atoms with Crippen molar-refractivity contribution < 1.29 is 9.47 Å². The molecule has 0 saturated carbocycles. The van der Waals surface area contributed by atoms with Crippen LogP contribution in [0.25, 0.3) is 0 Å². The van der Waals surface area contributed by atoms with E-state index >= 15 is 0 Å². The average Bonchev–Trinajstić information content (AvgIpc) is 2.46. The van der Waals surface area contributed by atoms with Gasteiger partial charge in [0.15, 0.2) is 0 Å². The van der Waals surface area contributed by atoms with Crippen LogP contribution < -0.4 is 9.47 Å². The van der Waals surface area contributed by atoms with E-state index in [9.17, 15) is 0 Å². The Bertz CT molecular complexity index is 563. The average molecular weight is 343 g/mol. The first kappa shape index (κ1) is 14.2. The molecular formula is C14H13BrClNO2. The summed E-state index contributed by atoms with van der Waals surface area (Å²) in [5.74, 6) is 1.62. The Morgan fingerprint density at radius 2 is 2.11 bits per heavy atom. The van der Waals surface area contributed by atoms with Gasteiger partial charge in [-0.2, -0.15) is 0 Å². The summed E-state index contributed by atoms with van der Waals surface area (Å²) in [5, 5.41) is 1.31. The van der Waals surface area contributed by atoms with Gasteiger partial charge in [-0.3, -0.25) is 4.98 Å². The zero-order valence-electron chi connectivity index (χ0n) is 10.4. The maximum Gasteiger partial charge on any atom is 0.124 e. The number of hydrogen-bond acceptors (Lipinski definition) is 3. The van der Waals surface area contributed by atoms with Gasteiger partial charge in [0.1, 0.15) is 18.1 Å². The predicted octanol–water partition coefficient (Wildman–Crippen LogP) is 4.22. The van der Waals surface area contributed by atoms with Crippen molar-refractivity contribution in [3.8, 4) is 11.5 Å². The lowest BCUT2D eigenvalue weighted by Crippen LogP contribution is -1.99. The molecule has 0 unspecified atom stereocenters. The summed E-state index contributed by atoms with van der Waals surface area (Å²) in [7, 11) is 1.64. The number of hydrogen-bond donors (Lipinski definition) is 0. The van der Waals surface area contributed by atoms with Crippen LogP contribution in [-0.2, 0) is 11.9 Å². The standard InChI is InChI=1S/C14H13BrClNO2/c1-18-12-2-3-14(11(6-12)7-15)19-9-10-4-5-17-8-13(10)16/h2-6,8H,7,9H2,1H3. The summed E-state index contributed by atoms with van der Waals surface area (Å²) in [5.41, 5.74) is 1.94. The van der Waals surface area contributed by atoms with Gasteiger partial charge in [-0.25, -0.2) is 0 Å². The molecule has 0 saturated heterocycles. The molecule has 0 aliphatic carbocycles. The van der Waals surface area contributed by atoms with Gasteiger partial charge < -0.3 is 9.47 Å². The highest BCUT2D eigenvalue weighted by atomic mass is 79.9. The molecule has 5 heteroatoms. The summed E-state index contributed by atoms with van der Waals surface area (Å²) >= 11 is 9.48. The largest absolute Gasteiger partial charge is 0.497 e. The number of methoxy groups -OCH3 is 1. The van der Waals surface area contributed by atoms with E-state index < -0.39 is 0 Å². The van der Waals surface area contributed by atoms with Gasteiger partial charge in [0.25, 0.3) is 0 Å². The van der Waals surface area contributed by atoms with Gasteiger partial charge in [0.2, 0.25) is 0 Å². The van der Waals surface area contributed by atoms with Crippen molar-refractivity contribution in [1.82, 2.24) is 4.98 Å². The number of halogens is 2. The SMILES string of the molecule is COc1ccc(OCc2ccncc2Cl)c(CBr)c1. The molecule has 1 aromatic heterocycles. The zero-order valence-corrected chi connectivity index (χ0v) is 12.7. The smallest absolute Gasteiger partial charge is 0.124 e. The minimum Gasteiger partial charge on any atom is -0.497 e. The number of pyridine rings is 1. The van der Waals surface area contributed by atoms with E-state index in [4.69, 9.17) is 21.1 Å². The third-order valence-corrected chi connectivity index (χ3v) is 3.60. The number of alkyl halides is 1. The number of benzene rings is 1. The molecule has 0 amide bonds. The molecule has 1 heterocycles. The normalized spacial score (nSPS) is 10.3. The molecule has 0 aliphatic heterocycles. The van der Waals surface area contributed by atoms with Crippen LogP contribution in [0.5, 0.6) is 11.5 Å². The lowest BCUT2D eigenvalue weighted by atomic mass is 10.2. The van der Waals surface area contributed by atoms with Gasteiger partial charge in [0.05, 0.1) is 12.1 Å². The molecule has 0 radical (unpaired) electrons. The molecule has 0 atom stereocenters. The van der Waals surface area contributed by atoms with Gasteiger partial charge >= 0.3 is 0 Å². The van der Waals surface area contributed by atoms with Gasteiger partial charge in [-0.15, -0.1) is 0 Å². The number of nitrogens with zero attached hydrogens (tertiary/aromatic N) is 1. The van der Waals surface area contributed by atoms with E-state index in [1.807, 2.05) is 24.3 Å². The van der Waals surface area contributed by atoms with E-state index in [2.05, 4.69) is 20.9 Å². The van der Waals surface area contributed by atoms with Crippen LogP contribution in [0.2, 0.25) is 5.02 Å². The Morgan fingerprint density at radius 3 is 2.79 bits per heavy atom. The molecular weight excluding hydrogens is 330 g/mol. The number of aromatic nitrogens is 1. The number of ether oxygens (including phenoxy) is 2. The lowest BCUT2D eigenvalue weighted by molar-refractivity contribution is 0.303. The predicted molar refractivity (Wildman–Crippen MR) is 79.2 cm³/mol. The fraction of sp³-hybridized carbons (Fsp3) is 0.214. The second-order valence-electron chi connectivity index (χ2n) is 3.86. The summed E-state index contributed by atoms with van der Waals surface area (Å²) in [6, 6.07) is 7.55. The number of rotatable bonds is 5. The second kappa shape index (κ2) is 6.78. The van der Waals surface area contributed by atoms with Crippen LogP contribution in [0.4, 0.5) is 0 Å². The van der Waals surface area contributed by atoms with E-state index in [1.54, 1.807) is 19.5 Å². The zero-order chi connectivity index (χ0) is 13.7. The molecule has 0 fully saturated rings. The minimum absolute atomic E-state index is 0.410. The summed E-state index contributed by atoms with van der Waals surface area (Å²) in [4.78, 5) is 3.94. The molecule has 2 rings (SSSR count). The summed E-state index contributed by atoms with van der Waals surface area (Å²) in [6.45, 7) is 0.410. The molecule has 0 bridgehead atoms. The first-order valence-corrected chi connectivity index (χ1v) is 7.18. The van der Waals surface area contributed by atoms with Gasteiger partial charge in [-0.05, 0) is 24.3 Å². The van der Waals surface area contributed by atoms with Crippen molar-refractivity contribution in [2.75, 3.05) is 7.11 Å². The fourth-order valence-corrected chi connectivity index (χ4v) is 2.22. The third kappa shape index (κ3) is 3.61. The fourth-order valence-electron chi connectivity index (χ4n) is 1.60. The van der Waals surface area contributed by atoms with Crippen LogP contribution in [0.3, 0.4) is 0 Å². The monoisotopic (exact) mass is 341 g/mol. The van der Waals surface area contributed by atoms with Crippen molar-refractivity contribution in [1.29, 1.82) is 0 Å². The molecule has 0 spiro atoms. The van der Waals surface area contributed by atoms with Crippen molar-refractivity contribution in [2.45, 2.75) is 11.9 Å². The van der Waals surface area contributed by atoms with Crippen molar-refractivity contribution in [3.05, 3.63) is 52.8 Å². The van der Waals surface area contributed by atoms with Gasteiger partial charge in [-0.1, -0.05) is 27.5 Å². The van der Waals surface area contributed by atoms with Gasteiger partial charge in [0, 0.05) is 28.9 Å². The Balaban J connectivity index is 2.13. The van der Waals surface area contributed by atoms with Crippen LogP contribution in [0, 0.1) is 0 Å². The maximum absolute atomic E-state index is 6.04. The Labute approximate surface area is 125 Å². The molecule has 2 aromatic rings. The van der Waals surface area contributed by atoms with Crippen LogP contribution in [-0.4, -0.2) is 12.1 Å². The Kier molecular flexibility index (Phi) is 5.05. The maximum atomic E-state index is 6.04. The summed E-state index contributed by atoms with van der Waals surface area (Å²) < 4.78 is 11.0. The molecule has 100 valence electrons. The van der Waals surface area contributed by atoms with Crippen LogP contribution >= 0.6 is 27.5 Å². The third-order valence-electron chi connectivity index (χ3n) is 2.65. The molecule has 3 nitrogen and oxygen atoms in total. The van der Waals surface area contributed by atoms with Crippen molar-refractivity contribution >= 4 is 27.5 Å². The second-order valence-corrected chi connectivity index (χ2v) is 4.83. The molecule has 0 N–H and O–H groups in total. The van der Waals surface area contributed by atoms with E-state index in [1.165, 1.54) is 0 Å². The van der Waals surface area contributed by atoms with E-state index in [-0.39, 0.29) is 0 Å². The summed E-state index contributed by atoms with van der Waals surface area (Å²) in [6.07, 6.45) is 3.31. The van der Waals surface area contributed by atoms with Crippen molar-refractivity contribution in [3.63, 3.8) is 0 Å². The van der Waals surface area contributed by atoms with E-state index in [0.717, 1.165) is 22.6 Å². The molecule has 1 aromatic carbocycles. The Hall–Kier alpha value is -1.26. The quantitative estimate of drug-likeness (QED) is 0.763. The topological polar surface area (TPSA) is 31.4 Å². The highest BCUT2D eigenvalue weighted by molar-refractivity contribution is 9.08. The van der Waals surface area contributed by atoms with E-state index in [0.29, 0.717) is 17.0 Å². The molecule has 0 aliphatic rings. The van der Waals surface area contributed by atoms with Crippen molar-refractivity contribution in [2.24, 2.45) is 0 Å². The van der Waals surface area contributed by atoms with Crippen LogP contribution in [0.15, 0.2) is 36.7 Å². The first-order valence-electron chi connectivity index (χ1n) is 5.68. The first-order chi connectivity index (χ1) is 9.24. The minimum atomic E-state index is 0.410. The molecule has 19 heavy (non-hydrogen) atoms. The highest BCUT2D eigenvalue weighted by Crippen LogP contribution is 2.27. The highest BCUT2D eigenvalue weighted by Gasteiger charge is 2.06. The lowest BCUT2D eigenvalue weighted by Gasteiger charge is -2.12. The Morgan fingerprint density at radius 1 is 1.26 bits per heavy atom.